The molecule has 30 heavy (non-hydrogen) atoms. The van der Waals surface area contributed by atoms with Crippen molar-refractivity contribution in [3.63, 3.8) is 0 Å². The maximum atomic E-state index is 12.0. The average molecular weight is 398 g/mol. The SMILES string of the molecule is CC(=N)c1c(Nc2cccc(Nc3nccc(-c4cccnc4)n3)c2)nc[nH]c1=O. The van der Waals surface area contributed by atoms with Crippen molar-refractivity contribution >= 4 is 28.9 Å². The number of hydrogen-bond donors (Lipinski definition) is 4. The summed E-state index contributed by atoms with van der Waals surface area (Å²) in [6, 6.07) is 13.0. The number of benzene rings is 1. The molecule has 9 heteroatoms. The van der Waals surface area contributed by atoms with Gasteiger partial charge in [0, 0.05) is 41.2 Å². The second kappa shape index (κ2) is 8.31. The van der Waals surface area contributed by atoms with Crippen LogP contribution in [0.2, 0.25) is 0 Å². The van der Waals surface area contributed by atoms with Crippen molar-refractivity contribution in [3.05, 3.63) is 83.3 Å². The first-order valence-corrected chi connectivity index (χ1v) is 9.11. The van der Waals surface area contributed by atoms with E-state index in [9.17, 15) is 4.79 Å². The molecular formula is C21H18N8O. The molecule has 0 aliphatic heterocycles. The molecule has 0 saturated carbocycles. The molecule has 0 aliphatic carbocycles. The Morgan fingerprint density at radius 3 is 2.63 bits per heavy atom. The molecular weight excluding hydrogens is 380 g/mol. The Labute approximate surface area is 171 Å². The van der Waals surface area contributed by atoms with Crippen LogP contribution in [0.3, 0.4) is 0 Å². The summed E-state index contributed by atoms with van der Waals surface area (Å²) in [5.74, 6) is 0.761. The first-order valence-electron chi connectivity index (χ1n) is 9.11. The molecule has 0 fully saturated rings. The zero-order valence-corrected chi connectivity index (χ0v) is 16.0. The summed E-state index contributed by atoms with van der Waals surface area (Å²) in [5.41, 5.74) is 3.06. The second-order valence-electron chi connectivity index (χ2n) is 6.42. The van der Waals surface area contributed by atoms with Gasteiger partial charge in [0.2, 0.25) is 5.95 Å². The second-order valence-corrected chi connectivity index (χ2v) is 6.42. The van der Waals surface area contributed by atoms with E-state index in [2.05, 4.69) is 35.6 Å². The normalized spacial score (nSPS) is 10.4. The van der Waals surface area contributed by atoms with Crippen molar-refractivity contribution in [3.8, 4) is 11.3 Å². The minimum Gasteiger partial charge on any atom is -0.339 e. The van der Waals surface area contributed by atoms with Crippen LogP contribution in [0.4, 0.5) is 23.1 Å². The van der Waals surface area contributed by atoms with Crippen molar-refractivity contribution in [2.45, 2.75) is 6.92 Å². The van der Waals surface area contributed by atoms with E-state index >= 15 is 0 Å². The van der Waals surface area contributed by atoms with E-state index in [1.165, 1.54) is 6.33 Å². The monoisotopic (exact) mass is 398 g/mol. The number of pyridine rings is 1. The van der Waals surface area contributed by atoms with Crippen LogP contribution >= 0.6 is 0 Å². The fraction of sp³-hybridized carbons (Fsp3) is 0.0476. The Bertz CT molecular complexity index is 1250. The van der Waals surface area contributed by atoms with Gasteiger partial charge in [-0.15, -0.1) is 0 Å². The molecule has 4 N–H and O–H groups in total. The summed E-state index contributed by atoms with van der Waals surface area (Å²) in [5, 5.41) is 14.1. The number of anilines is 4. The van der Waals surface area contributed by atoms with Crippen molar-refractivity contribution in [2.75, 3.05) is 10.6 Å². The largest absolute Gasteiger partial charge is 0.339 e. The van der Waals surface area contributed by atoms with E-state index in [4.69, 9.17) is 5.41 Å². The lowest BCUT2D eigenvalue weighted by Gasteiger charge is -2.11. The van der Waals surface area contributed by atoms with Gasteiger partial charge in [-0.2, -0.15) is 0 Å². The van der Waals surface area contributed by atoms with Crippen LogP contribution in [0, 0.1) is 5.41 Å². The number of rotatable bonds is 6. The predicted octanol–water partition coefficient (Wildman–Crippen LogP) is 3.50. The van der Waals surface area contributed by atoms with Crippen molar-refractivity contribution in [1.82, 2.24) is 24.9 Å². The quantitative estimate of drug-likeness (QED) is 0.365. The molecule has 3 heterocycles. The highest BCUT2D eigenvalue weighted by atomic mass is 16.1. The van der Waals surface area contributed by atoms with Gasteiger partial charge in [0.05, 0.1) is 12.0 Å². The first-order chi connectivity index (χ1) is 14.6. The molecule has 148 valence electrons. The number of nitrogens with one attached hydrogen (secondary N) is 4. The van der Waals surface area contributed by atoms with Crippen molar-refractivity contribution in [2.24, 2.45) is 0 Å². The summed E-state index contributed by atoms with van der Waals surface area (Å²) < 4.78 is 0. The van der Waals surface area contributed by atoms with Crippen LogP contribution in [-0.4, -0.2) is 30.6 Å². The van der Waals surface area contributed by atoms with Crippen molar-refractivity contribution in [1.29, 1.82) is 5.41 Å². The minimum absolute atomic E-state index is 0.127. The molecule has 3 aromatic heterocycles. The number of hydrogen-bond acceptors (Lipinski definition) is 8. The van der Waals surface area contributed by atoms with E-state index in [-0.39, 0.29) is 16.8 Å². The fourth-order valence-corrected chi connectivity index (χ4v) is 2.88. The van der Waals surface area contributed by atoms with Crippen LogP contribution in [0.15, 0.2) is 72.2 Å². The summed E-state index contributed by atoms with van der Waals surface area (Å²) in [6.45, 7) is 1.54. The van der Waals surface area contributed by atoms with Gasteiger partial charge in [0.25, 0.3) is 5.56 Å². The molecule has 0 unspecified atom stereocenters. The lowest BCUT2D eigenvalue weighted by atomic mass is 10.2. The number of H-pyrrole nitrogens is 1. The maximum absolute atomic E-state index is 12.0. The third-order valence-electron chi connectivity index (χ3n) is 4.22. The summed E-state index contributed by atoms with van der Waals surface area (Å²) in [4.78, 5) is 31.6. The highest BCUT2D eigenvalue weighted by Crippen LogP contribution is 2.23. The third kappa shape index (κ3) is 4.20. The van der Waals surface area contributed by atoms with Crippen LogP contribution in [0.25, 0.3) is 11.3 Å². The van der Waals surface area contributed by atoms with E-state index in [0.29, 0.717) is 17.5 Å². The van der Waals surface area contributed by atoms with Gasteiger partial charge < -0.3 is 21.0 Å². The number of aromatic amines is 1. The van der Waals surface area contributed by atoms with Crippen molar-refractivity contribution < 1.29 is 0 Å². The zero-order chi connectivity index (χ0) is 20.9. The van der Waals surface area contributed by atoms with Crippen LogP contribution < -0.4 is 16.2 Å². The molecule has 0 spiro atoms. The molecule has 0 saturated heterocycles. The molecule has 0 amide bonds. The lowest BCUT2D eigenvalue weighted by molar-refractivity contribution is 1.10. The molecule has 0 aliphatic rings. The summed E-state index contributed by atoms with van der Waals surface area (Å²) in [7, 11) is 0. The van der Waals surface area contributed by atoms with Gasteiger partial charge in [-0.05, 0) is 43.3 Å². The number of nitrogens with zero attached hydrogens (tertiary/aromatic N) is 4. The van der Waals surface area contributed by atoms with E-state index in [0.717, 1.165) is 16.9 Å². The highest BCUT2D eigenvalue weighted by molar-refractivity contribution is 6.00. The molecule has 0 atom stereocenters. The van der Waals surface area contributed by atoms with E-state index in [1.807, 2.05) is 42.5 Å². The van der Waals surface area contributed by atoms with Crippen LogP contribution in [-0.2, 0) is 0 Å². The standard InChI is InChI=1S/C21H18N8O/c1-13(22)18-19(25-12-26-20(18)30)27-15-5-2-6-16(10-15)28-21-24-9-7-17(29-21)14-4-3-8-23-11-14/h2-12,22H,1H3,(H,24,28,29)(H2,25,26,27,30). The Morgan fingerprint density at radius 1 is 1.03 bits per heavy atom. The Hall–Kier alpha value is -4.40. The van der Waals surface area contributed by atoms with Gasteiger partial charge in [0.15, 0.2) is 0 Å². The maximum Gasteiger partial charge on any atom is 0.261 e. The van der Waals surface area contributed by atoms with Gasteiger partial charge in [-0.3, -0.25) is 9.78 Å². The molecule has 0 bridgehead atoms. The Morgan fingerprint density at radius 2 is 1.87 bits per heavy atom. The number of aromatic nitrogens is 5. The van der Waals surface area contributed by atoms with Crippen LogP contribution in [0.5, 0.6) is 0 Å². The van der Waals surface area contributed by atoms with Gasteiger partial charge in [0.1, 0.15) is 11.4 Å². The lowest BCUT2D eigenvalue weighted by Crippen LogP contribution is -2.19. The zero-order valence-electron chi connectivity index (χ0n) is 16.0. The van der Waals surface area contributed by atoms with Crippen LogP contribution in [0.1, 0.15) is 12.5 Å². The summed E-state index contributed by atoms with van der Waals surface area (Å²) >= 11 is 0. The molecule has 1 aromatic carbocycles. The fourth-order valence-electron chi connectivity index (χ4n) is 2.88. The predicted molar refractivity (Wildman–Crippen MR) is 116 cm³/mol. The average Bonchev–Trinajstić information content (AvgIpc) is 2.75. The molecule has 9 nitrogen and oxygen atoms in total. The van der Waals surface area contributed by atoms with E-state index < -0.39 is 0 Å². The smallest absolute Gasteiger partial charge is 0.261 e. The minimum atomic E-state index is -0.366. The topological polar surface area (TPSA) is 132 Å². The van der Waals surface area contributed by atoms with Gasteiger partial charge >= 0.3 is 0 Å². The molecule has 0 radical (unpaired) electrons. The Kier molecular flexibility index (Phi) is 5.25. The molecule has 4 rings (SSSR count). The molecule has 4 aromatic rings. The first kappa shape index (κ1) is 18.9. The van der Waals surface area contributed by atoms with Gasteiger partial charge in [-0.25, -0.2) is 15.0 Å². The van der Waals surface area contributed by atoms with Gasteiger partial charge in [-0.1, -0.05) is 6.07 Å². The van der Waals surface area contributed by atoms with E-state index in [1.54, 1.807) is 25.5 Å². The third-order valence-corrected chi connectivity index (χ3v) is 4.22. The summed E-state index contributed by atoms with van der Waals surface area (Å²) in [6.07, 6.45) is 6.44. The highest BCUT2D eigenvalue weighted by Gasteiger charge is 2.11. The Balaban J connectivity index is 1.58.